The van der Waals surface area contributed by atoms with Crippen LogP contribution in [0, 0.1) is 0 Å². The Balaban J connectivity index is 2.60. The van der Waals surface area contributed by atoms with E-state index in [0.29, 0.717) is 6.61 Å². The van der Waals surface area contributed by atoms with E-state index in [0.717, 1.165) is 5.56 Å². The number of ether oxygens (including phenoxy) is 3. The Morgan fingerprint density at radius 2 is 1.54 bits per heavy atom. The first-order chi connectivity index (χ1) is 12.0. The van der Waals surface area contributed by atoms with Gasteiger partial charge in [-0.2, -0.15) is 0 Å². The molecule has 0 saturated carbocycles. The van der Waals surface area contributed by atoms with E-state index in [4.69, 9.17) is 14.2 Å². The van der Waals surface area contributed by atoms with Crippen molar-refractivity contribution in [3.63, 3.8) is 0 Å². The Hall–Kier alpha value is -1.92. The number of nitrogens with one attached hydrogen (secondary N) is 1. The molecule has 0 saturated heterocycles. The molecule has 6 nitrogen and oxygen atoms in total. The van der Waals surface area contributed by atoms with Crippen molar-refractivity contribution in [1.29, 1.82) is 0 Å². The fourth-order valence-electron chi connectivity index (χ4n) is 2.04. The third kappa shape index (κ3) is 10.2. The first-order valence-electron chi connectivity index (χ1n) is 8.76. The molecule has 1 atom stereocenters. The van der Waals surface area contributed by atoms with Crippen molar-refractivity contribution >= 4 is 11.9 Å². The number of benzene rings is 1. The second kappa shape index (κ2) is 9.69. The topological polar surface area (TPSA) is 73.9 Å². The first-order valence-corrected chi connectivity index (χ1v) is 8.76. The maximum Gasteiger partial charge on any atom is 0.326 e. The molecule has 0 aliphatic heterocycles. The summed E-state index contributed by atoms with van der Waals surface area (Å²) in [5, 5.41) is 2.88. The van der Waals surface area contributed by atoms with Crippen molar-refractivity contribution in [2.75, 3.05) is 13.2 Å². The Labute approximate surface area is 156 Å². The van der Waals surface area contributed by atoms with Gasteiger partial charge in [0.05, 0.1) is 19.8 Å². The standard InChI is InChI=1S/C20H31NO5/c1-19(2,3)25-17(22)12-21-16(18(23)26-20(4,5)6)14-24-13-15-10-8-7-9-11-15/h7-11,16,21H,12-14H2,1-6H3/t16-/m0/s1. The second-order valence-electron chi connectivity index (χ2n) is 8.05. The summed E-state index contributed by atoms with van der Waals surface area (Å²) in [6.07, 6.45) is 0. The van der Waals surface area contributed by atoms with Gasteiger partial charge in [-0.3, -0.25) is 14.9 Å². The van der Waals surface area contributed by atoms with Crippen molar-refractivity contribution in [2.45, 2.75) is 65.4 Å². The Kier molecular flexibility index (Phi) is 8.24. The highest BCUT2D eigenvalue weighted by Gasteiger charge is 2.26. The minimum absolute atomic E-state index is 0.0899. The molecule has 0 spiro atoms. The van der Waals surface area contributed by atoms with Crippen LogP contribution in [-0.4, -0.2) is 42.3 Å². The molecule has 26 heavy (non-hydrogen) atoms. The summed E-state index contributed by atoms with van der Waals surface area (Å²) >= 11 is 0. The predicted molar refractivity (Wildman–Crippen MR) is 99.6 cm³/mol. The summed E-state index contributed by atoms with van der Waals surface area (Å²) < 4.78 is 16.3. The smallest absolute Gasteiger partial charge is 0.326 e. The fraction of sp³-hybridized carbons (Fsp3) is 0.600. The van der Waals surface area contributed by atoms with Gasteiger partial charge in [-0.15, -0.1) is 0 Å². The third-order valence-corrected chi connectivity index (χ3v) is 3.00. The van der Waals surface area contributed by atoms with Gasteiger partial charge in [-0.1, -0.05) is 30.3 Å². The lowest BCUT2D eigenvalue weighted by molar-refractivity contribution is -0.160. The number of hydrogen-bond donors (Lipinski definition) is 1. The van der Waals surface area contributed by atoms with E-state index >= 15 is 0 Å². The van der Waals surface area contributed by atoms with Crippen molar-refractivity contribution in [3.8, 4) is 0 Å². The maximum atomic E-state index is 12.4. The zero-order valence-electron chi connectivity index (χ0n) is 16.6. The molecule has 6 heteroatoms. The molecular weight excluding hydrogens is 334 g/mol. The van der Waals surface area contributed by atoms with Gasteiger partial charge in [0.15, 0.2) is 0 Å². The van der Waals surface area contributed by atoms with Crippen LogP contribution in [0.15, 0.2) is 30.3 Å². The van der Waals surface area contributed by atoms with Gasteiger partial charge < -0.3 is 14.2 Å². The summed E-state index contributed by atoms with van der Waals surface area (Å²) in [6, 6.07) is 8.89. The third-order valence-electron chi connectivity index (χ3n) is 3.00. The zero-order chi connectivity index (χ0) is 19.8. The van der Waals surface area contributed by atoms with E-state index in [1.807, 2.05) is 30.3 Å². The number of carbonyl (C=O) groups is 2. The molecule has 1 aromatic rings. The van der Waals surface area contributed by atoms with Gasteiger partial charge >= 0.3 is 11.9 Å². The Bertz CT molecular complexity index is 572. The number of rotatable bonds is 8. The molecule has 0 aliphatic carbocycles. The number of hydrogen-bond acceptors (Lipinski definition) is 6. The highest BCUT2D eigenvalue weighted by Crippen LogP contribution is 2.10. The summed E-state index contributed by atoms with van der Waals surface area (Å²) in [5.41, 5.74) is -0.200. The largest absolute Gasteiger partial charge is 0.459 e. The van der Waals surface area contributed by atoms with E-state index in [2.05, 4.69) is 5.32 Å². The van der Waals surface area contributed by atoms with Crippen molar-refractivity contribution in [1.82, 2.24) is 5.32 Å². The van der Waals surface area contributed by atoms with Crippen LogP contribution in [0.5, 0.6) is 0 Å². The van der Waals surface area contributed by atoms with Crippen LogP contribution < -0.4 is 5.32 Å². The first kappa shape index (κ1) is 22.1. The van der Waals surface area contributed by atoms with Gasteiger partial charge in [0, 0.05) is 0 Å². The quantitative estimate of drug-likeness (QED) is 0.714. The highest BCUT2D eigenvalue weighted by molar-refractivity contribution is 5.78. The molecule has 1 aromatic carbocycles. The fourth-order valence-corrected chi connectivity index (χ4v) is 2.04. The van der Waals surface area contributed by atoms with Gasteiger partial charge in [0.25, 0.3) is 0 Å². The molecule has 0 heterocycles. The maximum absolute atomic E-state index is 12.4. The van der Waals surface area contributed by atoms with E-state index < -0.39 is 29.2 Å². The predicted octanol–water partition coefficient (Wildman–Crippen LogP) is 2.84. The normalized spacial score (nSPS) is 13.2. The van der Waals surface area contributed by atoms with Crippen LogP contribution in [0.2, 0.25) is 0 Å². The number of carbonyl (C=O) groups excluding carboxylic acids is 2. The average molecular weight is 365 g/mol. The van der Waals surface area contributed by atoms with Crippen LogP contribution in [0.3, 0.4) is 0 Å². The van der Waals surface area contributed by atoms with E-state index in [1.165, 1.54) is 0 Å². The molecule has 0 unspecified atom stereocenters. The van der Waals surface area contributed by atoms with Crippen molar-refractivity contribution in [2.24, 2.45) is 0 Å². The van der Waals surface area contributed by atoms with Gasteiger partial charge in [0.1, 0.15) is 17.2 Å². The van der Waals surface area contributed by atoms with Gasteiger partial charge in [-0.05, 0) is 47.1 Å². The van der Waals surface area contributed by atoms with Gasteiger partial charge in [0.2, 0.25) is 0 Å². The Morgan fingerprint density at radius 3 is 2.08 bits per heavy atom. The molecule has 0 fully saturated rings. The minimum Gasteiger partial charge on any atom is -0.459 e. The lowest BCUT2D eigenvalue weighted by Crippen LogP contribution is -2.47. The highest BCUT2D eigenvalue weighted by atomic mass is 16.6. The van der Waals surface area contributed by atoms with E-state index in [9.17, 15) is 9.59 Å². The molecule has 0 amide bonds. The van der Waals surface area contributed by atoms with Crippen molar-refractivity contribution in [3.05, 3.63) is 35.9 Å². The summed E-state index contributed by atoms with van der Waals surface area (Å²) in [7, 11) is 0. The molecule has 0 aliphatic rings. The lowest BCUT2D eigenvalue weighted by atomic mass is 10.2. The van der Waals surface area contributed by atoms with Gasteiger partial charge in [-0.25, -0.2) is 0 Å². The molecule has 0 radical (unpaired) electrons. The molecule has 0 bridgehead atoms. The molecule has 1 rings (SSSR count). The number of esters is 2. The van der Waals surface area contributed by atoms with Crippen LogP contribution in [0.1, 0.15) is 47.1 Å². The van der Waals surface area contributed by atoms with Crippen LogP contribution >= 0.6 is 0 Å². The molecular formula is C20H31NO5. The molecule has 1 N–H and O–H groups in total. The SMILES string of the molecule is CC(C)(C)OC(=O)CN[C@@H](COCc1ccccc1)C(=O)OC(C)(C)C. The second-order valence-corrected chi connectivity index (χ2v) is 8.05. The van der Waals surface area contributed by atoms with Crippen LogP contribution in [-0.2, 0) is 30.4 Å². The van der Waals surface area contributed by atoms with Crippen molar-refractivity contribution < 1.29 is 23.8 Å². The monoisotopic (exact) mass is 365 g/mol. The lowest BCUT2D eigenvalue weighted by Gasteiger charge is -2.25. The average Bonchev–Trinajstić information content (AvgIpc) is 2.48. The summed E-state index contributed by atoms with van der Waals surface area (Å²) in [4.78, 5) is 24.3. The van der Waals surface area contributed by atoms with Crippen LogP contribution in [0.25, 0.3) is 0 Å². The summed E-state index contributed by atoms with van der Waals surface area (Å²) in [6.45, 7) is 11.1. The van der Waals surface area contributed by atoms with Crippen LogP contribution in [0.4, 0.5) is 0 Å². The Morgan fingerprint density at radius 1 is 0.962 bits per heavy atom. The minimum atomic E-state index is -0.759. The molecule has 146 valence electrons. The van der Waals surface area contributed by atoms with E-state index in [-0.39, 0.29) is 13.2 Å². The zero-order valence-corrected chi connectivity index (χ0v) is 16.6. The van der Waals surface area contributed by atoms with E-state index in [1.54, 1.807) is 41.5 Å². The molecule has 0 aromatic heterocycles. The summed E-state index contributed by atoms with van der Waals surface area (Å²) in [5.74, 6) is -0.900.